The molecule has 0 bridgehead atoms. The van der Waals surface area contributed by atoms with Gasteiger partial charge in [-0.1, -0.05) is 43.0 Å². The zero-order chi connectivity index (χ0) is 16.2. The highest BCUT2D eigenvalue weighted by molar-refractivity contribution is 7.99. The molecule has 0 spiro atoms. The number of fused-ring (bicyclic) bond motifs is 2. The number of ether oxygens (including phenoxy) is 1. The zero-order valence-electron chi connectivity index (χ0n) is 12.8. The maximum Gasteiger partial charge on any atom is 0.306 e. The molecule has 0 aliphatic carbocycles. The summed E-state index contributed by atoms with van der Waals surface area (Å²) in [5.74, 6) is -0.580. The SMILES string of the molecule is CCCC(=O)OCC(=O)N1c2ccccc2Sc2ccccc21. The number of anilines is 2. The largest absolute Gasteiger partial charge is 0.456 e. The minimum atomic E-state index is -0.339. The Hall–Kier alpha value is -2.27. The number of amides is 1. The summed E-state index contributed by atoms with van der Waals surface area (Å²) in [7, 11) is 0. The van der Waals surface area contributed by atoms with Crippen LogP contribution in [0, 0.1) is 0 Å². The van der Waals surface area contributed by atoms with Crippen molar-refractivity contribution >= 4 is 35.0 Å². The van der Waals surface area contributed by atoms with Gasteiger partial charge in [0, 0.05) is 16.2 Å². The van der Waals surface area contributed by atoms with E-state index in [0.717, 1.165) is 21.2 Å². The fourth-order valence-electron chi connectivity index (χ4n) is 2.46. The molecule has 2 aromatic carbocycles. The Bertz CT molecular complexity index is 699. The second-order valence-corrected chi connectivity index (χ2v) is 6.26. The lowest BCUT2D eigenvalue weighted by Crippen LogP contribution is -2.32. The number of para-hydroxylation sites is 2. The summed E-state index contributed by atoms with van der Waals surface area (Å²) < 4.78 is 5.09. The molecular formula is C18H17NO3S. The van der Waals surface area contributed by atoms with Crippen molar-refractivity contribution in [1.29, 1.82) is 0 Å². The van der Waals surface area contributed by atoms with E-state index in [2.05, 4.69) is 0 Å². The Morgan fingerprint density at radius 2 is 1.57 bits per heavy atom. The molecule has 0 unspecified atom stereocenters. The molecule has 23 heavy (non-hydrogen) atoms. The quantitative estimate of drug-likeness (QED) is 0.791. The molecule has 2 aromatic rings. The smallest absolute Gasteiger partial charge is 0.306 e. The van der Waals surface area contributed by atoms with Crippen LogP contribution in [-0.4, -0.2) is 18.5 Å². The van der Waals surface area contributed by atoms with Gasteiger partial charge < -0.3 is 4.74 Å². The van der Waals surface area contributed by atoms with Crippen LogP contribution in [0.3, 0.4) is 0 Å². The predicted octanol–water partition coefficient (Wildman–Crippen LogP) is 4.16. The molecule has 3 rings (SSSR count). The Morgan fingerprint density at radius 3 is 2.13 bits per heavy atom. The van der Waals surface area contributed by atoms with E-state index in [9.17, 15) is 9.59 Å². The number of rotatable bonds is 4. The second kappa shape index (κ2) is 6.87. The summed E-state index contributed by atoms with van der Waals surface area (Å²) in [4.78, 5) is 27.9. The normalized spacial score (nSPS) is 12.3. The summed E-state index contributed by atoms with van der Waals surface area (Å²) in [6.45, 7) is 1.66. The molecule has 4 nitrogen and oxygen atoms in total. The first-order chi connectivity index (χ1) is 11.2. The average molecular weight is 327 g/mol. The molecule has 1 heterocycles. The molecule has 0 aromatic heterocycles. The van der Waals surface area contributed by atoms with E-state index < -0.39 is 0 Å². The Labute approximate surface area is 139 Å². The van der Waals surface area contributed by atoms with E-state index in [0.29, 0.717) is 12.8 Å². The van der Waals surface area contributed by atoms with Crippen LogP contribution in [-0.2, 0) is 14.3 Å². The van der Waals surface area contributed by atoms with E-state index in [4.69, 9.17) is 4.74 Å². The van der Waals surface area contributed by atoms with E-state index >= 15 is 0 Å². The van der Waals surface area contributed by atoms with Crippen molar-refractivity contribution in [2.24, 2.45) is 0 Å². The molecule has 118 valence electrons. The lowest BCUT2D eigenvalue weighted by molar-refractivity contribution is -0.147. The molecule has 0 saturated carbocycles. The molecule has 0 fully saturated rings. The van der Waals surface area contributed by atoms with Gasteiger partial charge in [0.2, 0.25) is 0 Å². The van der Waals surface area contributed by atoms with E-state index in [1.165, 1.54) is 0 Å². The minimum Gasteiger partial charge on any atom is -0.456 e. The molecule has 1 amide bonds. The van der Waals surface area contributed by atoms with Crippen molar-refractivity contribution in [1.82, 2.24) is 0 Å². The summed E-state index contributed by atoms with van der Waals surface area (Å²) in [6.07, 6.45) is 1.04. The number of nitrogens with zero attached hydrogens (tertiary/aromatic N) is 1. The standard InChI is InChI=1S/C18H17NO3S/c1-2-7-18(21)22-12-17(20)19-13-8-3-5-10-15(13)23-16-11-6-4-9-14(16)19/h3-6,8-11H,2,7,12H2,1H3. The Morgan fingerprint density at radius 1 is 1.00 bits per heavy atom. The van der Waals surface area contributed by atoms with Gasteiger partial charge in [-0.2, -0.15) is 0 Å². The summed E-state index contributed by atoms with van der Waals surface area (Å²) in [5, 5.41) is 0. The lowest BCUT2D eigenvalue weighted by Gasteiger charge is -2.30. The van der Waals surface area contributed by atoms with E-state index in [-0.39, 0.29) is 18.5 Å². The molecule has 0 N–H and O–H groups in total. The van der Waals surface area contributed by atoms with Gasteiger partial charge >= 0.3 is 5.97 Å². The van der Waals surface area contributed by atoms with Crippen molar-refractivity contribution in [3.05, 3.63) is 48.5 Å². The summed E-state index contributed by atoms with van der Waals surface area (Å²) in [5.41, 5.74) is 1.65. The third-order valence-corrected chi connectivity index (χ3v) is 4.62. The molecule has 0 saturated heterocycles. The van der Waals surface area contributed by atoms with Gasteiger partial charge in [-0.3, -0.25) is 14.5 Å². The lowest BCUT2D eigenvalue weighted by atomic mass is 10.2. The van der Waals surface area contributed by atoms with Crippen molar-refractivity contribution in [3.63, 3.8) is 0 Å². The molecule has 0 atom stereocenters. The summed E-state index contributed by atoms with van der Waals surface area (Å²) in [6, 6.07) is 15.5. The topological polar surface area (TPSA) is 46.6 Å². The Kier molecular flexibility index (Phi) is 4.67. The van der Waals surface area contributed by atoms with Crippen LogP contribution in [0.2, 0.25) is 0 Å². The number of hydrogen-bond acceptors (Lipinski definition) is 4. The van der Waals surface area contributed by atoms with Crippen molar-refractivity contribution in [2.45, 2.75) is 29.6 Å². The molecule has 1 aliphatic heterocycles. The fourth-order valence-corrected chi connectivity index (χ4v) is 3.51. The number of carbonyl (C=O) groups is 2. The van der Waals surface area contributed by atoms with E-state index in [1.54, 1.807) is 16.7 Å². The maximum absolute atomic E-state index is 12.7. The van der Waals surface area contributed by atoms with Crippen LogP contribution < -0.4 is 4.90 Å². The number of hydrogen-bond donors (Lipinski definition) is 0. The van der Waals surface area contributed by atoms with Crippen molar-refractivity contribution in [3.8, 4) is 0 Å². The van der Waals surface area contributed by atoms with Gasteiger partial charge in [-0.05, 0) is 30.7 Å². The van der Waals surface area contributed by atoms with Gasteiger partial charge in [0.1, 0.15) is 0 Å². The first-order valence-corrected chi connectivity index (χ1v) is 8.37. The number of benzene rings is 2. The van der Waals surface area contributed by atoms with Crippen LogP contribution in [0.25, 0.3) is 0 Å². The first-order valence-electron chi connectivity index (χ1n) is 7.55. The molecule has 5 heteroatoms. The molecular weight excluding hydrogens is 310 g/mol. The van der Waals surface area contributed by atoms with Crippen molar-refractivity contribution < 1.29 is 14.3 Å². The fraction of sp³-hybridized carbons (Fsp3) is 0.222. The molecule has 0 radical (unpaired) electrons. The van der Waals surface area contributed by atoms with Crippen LogP contribution in [0.5, 0.6) is 0 Å². The van der Waals surface area contributed by atoms with Gasteiger partial charge in [-0.25, -0.2) is 0 Å². The predicted molar refractivity (Wildman–Crippen MR) is 90.0 cm³/mol. The van der Waals surface area contributed by atoms with Gasteiger partial charge in [0.25, 0.3) is 5.91 Å². The molecule has 1 aliphatic rings. The average Bonchev–Trinajstić information content (AvgIpc) is 2.57. The zero-order valence-corrected chi connectivity index (χ0v) is 13.6. The maximum atomic E-state index is 12.7. The van der Waals surface area contributed by atoms with Crippen LogP contribution in [0.15, 0.2) is 58.3 Å². The monoisotopic (exact) mass is 327 g/mol. The van der Waals surface area contributed by atoms with Gasteiger partial charge in [-0.15, -0.1) is 0 Å². The number of carbonyl (C=O) groups excluding carboxylic acids is 2. The van der Waals surface area contributed by atoms with Crippen LogP contribution in [0.1, 0.15) is 19.8 Å². The van der Waals surface area contributed by atoms with Crippen LogP contribution in [0.4, 0.5) is 11.4 Å². The summed E-state index contributed by atoms with van der Waals surface area (Å²) >= 11 is 1.63. The highest BCUT2D eigenvalue weighted by Crippen LogP contribution is 2.47. The van der Waals surface area contributed by atoms with Gasteiger partial charge in [0.05, 0.1) is 11.4 Å². The highest BCUT2D eigenvalue weighted by Gasteiger charge is 2.28. The van der Waals surface area contributed by atoms with Gasteiger partial charge in [0.15, 0.2) is 6.61 Å². The van der Waals surface area contributed by atoms with Crippen molar-refractivity contribution in [2.75, 3.05) is 11.5 Å². The first kappa shape index (κ1) is 15.6. The number of esters is 1. The minimum absolute atomic E-state index is 0.241. The highest BCUT2D eigenvalue weighted by atomic mass is 32.2. The second-order valence-electron chi connectivity index (χ2n) is 5.18. The Balaban J connectivity index is 1.89. The third kappa shape index (κ3) is 3.24. The van der Waals surface area contributed by atoms with Crippen LogP contribution >= 0.6 is 11.8 Å². The van der Waals surface area contributed by atoms with E-state index in [1.807, 2.05) is 55.5 Å². The third-order valence-electron chi connectivity index (χ3n) is 3.49.